The van der Waals surface area contributed by atoms with Crippen LogP contribution in [0.25, 0.3) is 11.4 Å². The predicted octanol–water partition coefficient (Wildman–Crippen LogP) is 1.94. The van der Waals surface area contributed by atoms with Crippen molar-refractivity contribution in [3.63, 3.8) is 0 Å². The Kier molecular flexibility index (Phi) is 6.18. The molecular formula is C15H21ClN4O3. The number of rotatable bonds is 5. The molecule has 126 valence electrons. The van der Waals surface area contributed by atoms with E-state index in [9.17, 15) is 4.79 Å². The minimum absolute atomic E-state index is 0. The number of nitrogens with one attached hydrogen (secondary N) is 2. The van der Waals surface area contributed by atoms with E-state index in [1.807, 2.05) is 0 Å². The van der Waals surface area contributed by atoms with Crippen molar-refractivity contribution in [3.8, 4) is 11.4 Å². The van der Waals surface area contributed by atoms with Gasteiger partial charge in [-0.15, -0.1) is 12.4 Å². The quantitative estimate of drug-likeness (QED) is 0.864. The maximum atomic E-state index is 12.0. The molecule has 0 spiro atoms. The monoisotopic (exact) mass is 340 g/mol. The van der Waals surface area contributed by atoms with Crippen molar-refractivity contribution in [1.29, 1.82) is 0 Å². The van der Waals surface area contributed by atoms with Crippen molar-refractivity contribution in [2.24, 2.45) is 0 Å². The van der Waals surface area contributed by atoms with Crippen LogP contribution in [0.3, 0.4) is 0 Å². The van der Waals surface area contributed by atoms with Gasteiger partial charge in [0.2, 0.25) is 17.6 Å². The standard InChI is InChI=1S/C15H20N4O3.ClH/c1-10-8-12(4-6-16-10)17-13(20)2-3-14-18-15(19-22-14)11-5-7-21-9-11;/h5,7,9-10,12,16H,2-4,6,8H2,1H3,(H,17,20);1H. The molecular weight excluding hydrogens is 320 g/mol. The second kappa shape index (κ2) is 8.12. The van der Waals surface area contributed by atoms with Gasteiger partial charge < -0.3 is 19.6 Å². The van der Waals surface area contributed by atoms with Gasteiger partial charge in [-0.3, -0.25) is 4.79 Å². The van der Waals surface area contributed by atoms with Gasteiger partial charge in [-0.25, -0.2) is 0 Å². The smallest absolute Gasteiger partial charge is 0.227 e. The average Bonchev–Trinajstić information content (AvgIpc) is 3.16. The summed E-state index contributed by atoms with van der Waals surface area (Å²) in [6.07, 6.45) is 5.85. The van der Waals surface area contributed by atoms with Gasteiger partial charge in [0.25, 0.3) is 0 Å². The van der Waals surface area contributed by atoms with Gasteiger partial charge >= 0.3 is 0 Å². The number of hydrogen-bond acceptors (Lipinski definition) is 6. The van der Waals surface area contributed by atoms with E-state index in [0.717, 1.165) is 24.9 Å². The third-order valence-corrected chi connectivity index (χ3v) is 3.80. The molecule has 7 nitrogen and oxygen atoms in total. The maximum absolute atomic E-state index is 12.0. The topological polar surface area (TPSA) is 93.2 Å². The van der Waals surface area contributed by atoms with Crippen molar-refractivity contribution in [2.45, 2.75) is 44.7 Å². The SMILES string of the molecule is CC1CC(NC(=O)CCc2nc(-c3ccoc3)no2)CCN1.Cl. The second-order valence-corrected chi connectivity index (χ2v) is 5.67. The molecule has 23 heavy (non-hydrogen) atoms. The lowest BCUT2D eigenvalue weighted by molar-refractivity contribution is -0.122. The summed E-state index contributed by atoms with van der Waals surface area (Å²) in [6, 6.07) is 2.47. The summed E-state index contributed by atoms with van der Waals surface area (Å²) in [6.45, 7) is 3.08. The van der Waals surface area contributed by atoms with Crippen LogP contribution >= 0.6 is 12.4 Å². The molecule has 2 aromatic heterocycles. The number of hydrogen-bond donors (Lipinski definition) is 2. The fraction of sp³-hybridized carbons (Fsp3) is 0.533. The van der Waals surface area contributed by atoms with Crippen molar-refractivity contribution >= 4 is 18.3 Å². The number of carbonyl (C=O) groups excluding carboxylic acids is 1. The highest BCUT2D eigenvalue weighted by Crippen LogP contribution is 2.16. The fourth-order valence-electron chi connectivity index (χ4n) is 2.65. The highest BCUT2D eigenvalue weighted by Gasteiger charge is 2.20. The summed E-state index contributed by atoms with van der Waals surface area (Å²) in [5.74, 6) is 0.975. The zero-order chi connectivity index (χ0) is 15.4. The third-order valence-electron chi connectivity index (χ3n) is 3.80. The summed E-state index contributed by atoms with van der Waals surface area (Å²) < 4.78 is 10.1. The molecule has 1 saturated heterocycles. The lowest BCUT2D eigenvalue weighted by Gasteiger charge is -2.28. The number of nitrogens with zero attached hydrogens (tertiary/aromatic N) is 2. The van der Waals surface area contributed by atoms with Gasteiger partial charge in [-0.1, -0.05) is 5.16 Å². The average molecular weight is 341 g/mol. The highest BCUT2D eigenvalue weighted by molar-refractivity contribution is 5.85. The first-order valence-electron chi connectivity index (χ1n) is 7.58. The number of aromatic nitrogens is 2. The Labute approximate surface area is 140 Å². The molecule has 2 N–H and O–H groups in total. The Hall–Kier alpha value is -1.86. The Morgan fingerprint density at radius 3 is 3.13 bits per heavy atom. The first kappa shape index (κ1) is 17.5. The van der Waals surface area contributed by atoms with Crippen LogP contribution in [0.15, 0.2) is 27.5 Å². The van der Waals surface area contributed by atoms with E-state index in [1.54, 1.807) is 18.6 Å². The summed E-state index contributed by atoms with van der Waals surface area (Å²) in [5, 5.41) is 10.3. The minimum Gasteiger partial charge on any atom is -0.472 e. The van der Waals surface area contributed by atoms with Crippen LogP contribution in [0.5, 0.6) is 0 Å². The summed E-state index contributed by atoms with van der Waals surface area (Å²) >= 11 is 0. The van der Waals surface area contributed by atoms with E-state index in [0.29, 0.717) is 30.6 Å². The molecule has 1 aliphatic rings. The van der Waals surface area contributed by atoms with Gasteiger partial charge in [0.15, 0.2) is 0 Å². The molecule has 8 heteroatoms. The molecule has 2 aromatic rings. The maximum Gasteiger partial charge on any atom is 0.227 e. The summed E-state index contributed by atoms with van der Waals surface area (Å²) in [4.78, 5) is 16.2. The molecule has 1 fully saturated rings. The van der Waals surface area contributed by atoms with Crippen LogP contribution < -0.4 is 10.6 Å². The number of halogens is 1. The van der Waals surface area contributed by atoms with Crippen LogP contribution in [0.4, 0.5) is 0 Å². The Balaban J connectivity index is 0.00000192. The van der Waals surface area contributed by atoms with E-state index >= 15 is 0 Å². The van der Waals surface area contributed by atoms with Gasteiger partial charge in [-0.05, 0) is 32.4 Å². The molecule has 0 aliphatic carbocycles. The van der Waals surface area contributed by atoms with E-state index < -0.39 is 0 Å². The first-order valence-corrected chi connectivity index (χ1v) is 7.58. The molecule has 2 unspecified atom stereocenters. The van der Waals surface area contributed by atoms with E-state index in [2.05, 4.69) is 27.7 Å². The molecule has 0 saturated carbocycles. The minimum atomic E-state index is 0. The fourth-order valence-corrected chi connectivity index (χ4v) is 2.65. The summed E-state index contributed by atoms with van der Waals surface area (Å²) in [5.41, 5.74) is 0.767. The highest BCUT2D eigenvalue weighted by atomic mass is 35.5. The predicted molar refractivity (Wildman–Crippen MR) is 86.2 cm³/mol. The van der Waals surface area contributed by atoms with Gasteiger partial charge in [0, 0.05) is 24.9 Å². The molecule has 3 rings (SSSR count). The van der Waals surface area contributed by atoms with Crippen LogP contribution in [-0.2, 0) is 11.2 Å². The number of amides is 1. The van der Waals surface area contributed by atoms with Crippen LogP contribution in [0.1, 0.15) is 32.1 Å². The van der Waals surface area contributed by atoms with E-state index in [-0.39, 0.29) is 24.4 Å². The van der Waals surface area contributed by atoms with Crippen LogP contribution in [0.2, 0.25) is 0 Å². The zero-order valence-electron chi connectivity index (χ0n) is 12.9. The second-order valence-electron chi connectivity index (χ2n) is 5.67. The van der Waals surface area contributed by atoms with E-state index in [4.69, 9.17) is 8.94 Å². The van der Waals surface area contributed by atoms with E-state index in [1.165, 1.54) is 0 Å². The molecule has 1 aliphatic heterocycles. The normalized spacial score (nSPS) is 20.7. The lowest BCUT2D eigenvalue weighted by Crippen LogP contribution is -2.46. The molecule has 3 heterocycles. The Morgan fingerprint density at radius 1 is 1.52 bits per heavy atom. The van der Waals surface area contributed by atoms with Crippen molar-refractivity contribution in [3.05, 3.63) is 24.5 Å². The zero-order valence-corrected chi connectivity index (χ0v) is 13.8. The number of carbonyl (C=O) groups is 1. The largest absolute Gasteiger partial charge is 0.472 e. The van der Waals surface area contributed by atoms with Crippen molar-refractivity contribution < 1.29 is 13.7 Å². The summed E-state index contributed by atoms with van der Waals surface area (Å²) in [7, 11) is 0. The number of aryl methyl sites for hydroxylation is 1. The van der Waals surface area contributed by atoms with Gasteiger partial charge in [0.05, 0.1) is 11.8 Å². The first-order chi connectivity index (χ1) is 10.7. The Morgan fingerprint density at radius 2 is 2.39 bits per heavy atom. The van der Waals surface area contributed by atoms with Crippen molar-refractivity contribution in [2.75, 3.05) is 6.54 Å². The molecule has 0 radical (unpaired) electrons. The molecule has 0 aromatic carbocycles. The molecule has 1 amide bonds. The van der Waals surface area contributed by atoms with Crippen LogP contribution in [0, 0.1) is 0 Å². The van der Waals surface area contributed by atoms with Crippen LogP contribution in [-0.4, -0.2) is 34.7 Å². The van der Waals surface area contributed by atoms with Gasteiger partial charge in [-0.2, -0.15) is 4.98 Å². The van der Waals surface area contributed by atoms with Gasteiger partial charge in [0.1, 0.15) is 6.26 Å². The molecule has 0 bridgehead atoms. The Bertz CT molecular complexity index is 614. The molecule has 2 atom stereocenters. The van der Waals surface area contributed by atoms with Crippen molar-refractivity contribution in [1.82, 2.24) is 20.8 Å². The third kappa shape index (κ3) is 4.80. The number of piperidine rings is 1. The number of furan rings is 1. The lowest BCUT2D eigenvalue weighted by atomic mass is 10.0.